The molecule has 0 saturated heterocycles. The molecule has 0 amide bonds. The van der Waals surface area contributed by atoms with E-state index in [1.54, 1.807) is 0 Å². The van der Waals surface area contributed by atoms with Gasteiger partial charge < -0.3 is 5.32 Å². The van der Waals surface area contributed by atoms with E-state index in [-0.39, 0.29) is 0 Å². The lowest BCUT2D eigenvalue weighted by molar-refractivity contribution is 0.566. The van der Waals surface area contributed by atoms with Crippen LogP contribution < -0.4 is 5.32 Å². The Hall–Kier alpha value is -0.890. The van der Waals surface area contributed by atoms with Crippen molar-refractivity contribution in [2.45, 2.75) is 25.9 Å². The highest BCUT2D eigenvalue weighted by Gasteiger charge is 2.19. The van der Waals surface area contributed by atoms with Gasteiger partial charge in [0, 0.05) is 18.8 Å². The largest absolute Gasteiger partial charge is 0.304 e. The molecule has 1 aromatic heterocycles. The summed E-state index contributed by atoms with van der Waals surface area (Å²) in [4.78, 5) is 4.29. The molecule has 0 saturated carbocycles. The Morgan fingerprint density at radius 1 is 1.73 bits per heavy atom. The molecule has 0 bridgehead atoms. The molecule has 1 N–H and O–H groups in total. The van der Waals surface area contributed by atoms with E-state index >= 15 is 0 Å². The zero-order valence-corrected chi connectivity index (χ0v) is 6.67. The van der Waals surface area contributed by atoms with Crippen LogP contribution in [0.4, 0.5) is 0 Å². The number of hydrogen-bond acceptors (Lipinski definition) is 2. The first-order valence-corrected chi connectivity index (χ1v) is 4.09. The van der Waals surface area contributed by atoms with Gasteiger partial charge in [-0.25, -0.2) is 0 Å². The summed E-state index contributed by atoms with van der Waals surface area (Å²) in [6.07, 6.45) is 3.01. The number of nitrogens with one attached hydrogen (secondary N) is 1. The monoisotopic (exact) mass is 148 g/mol. The Bertz CT molecular complexity index is 257. The molecule has 0 aliphatic carbocycles. The maximum atomic E-state index is 4.29. The summed E-state index contributed by atoms with van der Waals surface area (Å²) in [5.41, 5.74) is 2.61. The van der Waals surface area contributed by atoms with Crippen LogP contribution in [0, 0.1) is 0 Å². The molecule has 2 rings (SSSR count). The van der Waals surface area contributed by atoms with E-state index in [4.69, 9.17) is 0 Å². The van der Waals surface area contributed by atoms with Gasteiger partial charge >= 0.3 is 0 Å². The molecule has 58 valence electrons. The number of aromatic nitrogens is 1. The van der Waals surface area contributed by atoms with Crippen LogP contribution >= 0.6 is 0 Å². The Kier molecular flexibility index (Phi) is 1.62. The average molecular weight is 148 g/mol. The lowest BCUT2D eigenvalue weighted by Gasteiger charge is -2.06. The van der Waals surface area contributed by atoms with Gasteiger partial charge in [0.15, 0.2) is 0 Å². The second-order valence-corrected chi connectivity index (χ2v) is 2.88. The molecule has 0 aromatic carbocycles. The van der Waals surface area contributed by atoms with Gasteiger partial charge in [0.05, 0.1) is 5.69 Å². The van der Waals surface area contributed by atoms with Gasteiger partial charge in [0.25, 0.3) is 0 Å². The molecule has 2 heterocycles. The van der Waals surface area contributed by atoms with E-state index < -0.39 is 0 Å². The first-order chi connectivity index (χ1) is 5.42. The van der Waals surface area contributed by atoms with Gasteiger partial charge in [-0.1, -0.05) is 13.0 Å². The molecule has 11 heavy (non-hydrogen) atoms. The fraction of sp³-hybridized carbons (Fsp3) is 0.444. The minimum atomic E-state index is 0.540. The second-order valence-electron chi connectivity index (χ2n) is 2.88. The molecule has 1 aliphatic heterocycles. The molecule has 0 spiro atoms. The quantitative estimate of drug-likeness (QED) is 0.654. The predicted molar refractivity (Wildman–Crippen MR) is 44.1 cm³/mol. The Balaban J connectivity index is 2.39. The van der Waals surface area contributed by atoms with Crippen molar-refractivity contribution in [3.05, 3.63) is 29.6 Å². The maximum absolute atomic E-state index is 4.29. The van der Waals surface area contributed by atoms with E-state index in [0.29, 0.717) is 6.04 Å². The lowest BCUT2D eigenvalue weighted by atomic mass is 10.1. The van der Waals surface area contributed by atoms with Crippen molar-refractivity contribution in [2.75, 3.05) is 0 Å². The van der Waals surface area contributed by atoms with Gasteiger partial charge in [-0.3, -0.25) is 4.98 Å². The van der Waals surface area contributed by atoms with Gasteiger partial charge in [-0.2, -0.15) is 0 Å². The fourth-order valence-electron chi connectivity index (χ4n) is 1.61. The number of rotatable bonds is 1. The smallest absolute Gasteiger partial charge is 0.0589 e. The van der Waals surface area contributed by atoms with E-state index in [9.17, 15) is 0 Å². The van der Waals surface area contributed by atoms with E-state index in [1.807, 2.05) is 12.3 Å². The number of fused-ring (bicyclic) bond motifs is 1. The van der Waals surface area contributed by atoms with Crippen LogP contribution in [-0.4, -0.2) is 4.98 Å². The Morgan fingerprint density at radius 3 is 3.45 bits per heavy atom. The van der Waals surface area contributed by atoms with Gasteiger partial charge in [0.1, 0.15) is 0 Å². The van der Waals surface area contributed by atoms with Crippen LogP contribution in [-0.2, 0) is 6.54 Å². The lowest BCUT2D eigenvalue weighted by Crippen LogP contribution is -2.10. The molecule has 1 aliphatic rings. The fourth-order valence-corrected chi connectivity index (χ4v) is 1.61. The number of hydrogen-bond donors (Lipinski definition) is 1. The highest BCUT2D eigenvalue weighted by atomic mass is 15.0. The molecular weight excluding hydrogens is 136 g/mol. The molecule has 2 nitrogen and oxygen atoms in total. The van der Waals surface area contributed by atoms with Gasteiger partial charge in [0.2, 0.25) is 0 Å². The molecule has 2 heteroatoms. The third kappa shape index (κ3) is 1.03. The van der Waals surface area contributed by atoms with Crippen molar-refractivity contribution in [1.82, 2.24) is 10.3 Å². The highest BCUT2D eigenvalue weighted by molar-refractivity contribution is 5.27. The average Bonchev–Trinajstić information content (AvgIpc) is 2.47. The van der Waals surface area contributed by atoms with Crippen LogP contribution in [0.15, 0.2) is 18.3 Å². The third-order valence-electron chi connectivity index (χ3n) is 2.23. The summed E-state index contributed by atoms with van der Waals surface area (Å²) < 4.78 is 0. The van der Waals surface area contributed by atoms with Crippen LogP contribution in [0.2, 0.25) is 0 Å². The Morgan fingerprint density at radius 2 is 2.64 bits per heavy atom. The van der Waals surface area contributed by atoms with Crippen LogP contribution in [0.5, 0.6) is 0 Å². The zero-order valence-electron chi connectivity index (χ0n) is 6.67. The number of pyridine rings is 1. The van der Waals surface area contributed by atoms with Crippen molar-refractivity contribution in [1.29, 1.82) is 0 Å². The maximum Gasteiger partial charge on any atom is 0.0589 e. The van der Waals surface area contributed by atoms with Crippen molar-refractivity contribution in [3.63, 3.8) is 0 Å². The molecule has 1 unspecified atom stereocenters. The van der Waals surface area contributed by atoms with Crippen molar-refractivity contribution in [3.8, 4) is 0 Å². The van der Waals surface area contributed by atoms with Crippen LogP contribution in [0.1, 0.15) is 30.6 Å². The summed E-state index contributed by atoms with van der Waals surface area (Å²) in [5, 5.41) is 3.41. The molecule has 0 fully saturated rings. The Labute approximate surface area is 66.7 Å². The summed E-state index contributed by atoms with van der Waals surface area (Å²) in [7, 11) is 0. The minimum absolute atomic E-state index is 0.540. The van der Waals surface area contributed by atoms with E-state index in [0.717, 1.165) is 13.0 Å². The molecule has 1 atom stereocenters. The third-order valence-corrected chi connectivity index (χ3v) is 2.23. The van der Waals surface area contributed by atoms with Crippen LogP contribution in [0.25, 0.3) is 0 Å². The van der Waals surface area contributed by atoms with Crippen molar-refractivity contribution < 1.29 is 0 Å². The van der Waals surface area contributed by atoms with Crippen LogP contribution in [0.3, 0.4) is 0 Å². The summed E-state index contributed by atoms with van der Waals surface area (Å²) in [6.45, 7) is 3.13. The molecule has 1 aromatic rings. The van der Waals surface area contributed by atoms with E-state index in [1.165, 1.54) is 11.3 Å². The second kappa shape index (κ2) is 2.62. The molecule has 0 radical (unpaired) electrons. The summed E-state index contributed by atoms with van der Waals surface area (Å²) >= 11 is 0. The van der Waals surface area contributed by atoms with Crippen molar-refractivity contribution in [2.24, 2.45) is 0 Å². The zero-order chi connectivity index (χ0) is 7.68. The number of nitrogens with zero attached hydrogens (tertiary/aromatic N) is 1. The highest BCUT2D eigenvalue weighted by Crippen LogP contribution is 2.24. The standard InChI is InChI=1S/C9H12N2/c1-2-8-7-4-3-5-10-9(7)6-11-8/h3-5,8,11H,2,6H2,1H3. The summed E-state index contributed by atoms with van der Waals surface area (Å²) in [5.74, 6) is 0. The SMILES string of the molecule is CCC1NCc2ncccc21. The molecular formula is C9H12N2. The van der Waals surface area contributed by atoms with Gasteiger partial charge in [-0.15, -0.1) is 0 Å². The topological polar surface area (TPSA) is 24.9 Å². The normalized spacial score (nSPS) is 21.7. The van der Waals surface area contributed by atoms with E-state index in [2.05, 4.69) is 23.3 Å². The van der Waals surface area contributed by atoms with Gasteiger partial charge in [-0.05, 0) is 18.1 Å². The van der Waals surface area contributed by atoms with Crippen molar-refractivity contribution >= 4 is 0 Å². The minimum Gasteiger partial charge on any atom is -0.304 e. The predicted octanol–water partition coefficient (Wildman–Crippen LogP) is 1.64. The summed E-state index contributed by atoms with van der Waals surface area (Å²) in [6, 6.07) is 4.71. The first-order valence-electron chi connectivity index (χ1n) is 4.09. The first kappa shape index (κ1) is 6.80.